The second kappa shape index (κ2) is 8.25. The van der Waals surface area contributed by atoms with Crippen LogP contribution >= 0.6 is 11.3 Å². The molecule has 0 radical (unpaired) electrons. The van der Waals surface area contributed by atoms with Gasteiger partial charge in [-0.3, -0.25) is 9.59 Å². The summed E-state index contributed by atoms with van der Waals surface area (Å²) < 4.78 is 5.69. The summed E-state index contributed by atoms with van der Waals surface area (Å²) in [6, 6.07) is 11.8. The van der Waals surface area contributed by atoms with Gasteiger partial charge in [0.1, 0.15) is 5.58 Å². The molecule has 0 unspecified atom stereocenters. The number of furan rings is 1. The lowest BCUT2D eigenvalue weighted by atomic mass is 9.99. The molecule has 1 aliphatic heterocycles. The van der Waals surface area contributed by atoms with Gasteiger partial charge in [-0.05, 0) is 53.6 Å². The number of hydrogen-bond donors (Lipinski definition) is 0. The maximum absolute atomic E-state index is 12.7. The zero-order valence-electron chi connectivity index (χ0n) is 16.7. The number of fused-ring (bicyclic) bond motifs is 1. The van der Waals surface area contributed by atoms with Crippen LogP contribution in [0.25, 0.3) is 16.5 Å². The minimum absolute atomic E-state index is 0.151. The maximum Gasteiger partial charge on any atom is 0.289 e. The number of aryl methyl sites for hydroxylation is 1. The SMILES string of the molecule is CN(C)C(=O)c1cc2cc(C3=CCCN(C(=O)CCc4cccs4)C3)ccc2o1. The number of carbonyl (C=O) groups excluding carboxylic acids is 2. The van der Waals surface area contributed by atoms with Crippen LogP contribution in [-0.2, 0) is 11.2 Å². The fourth-order valence-electron chi connectivity index (χ4n) is 3.58. The van der Waals surface area contributed by atoms with Crippen molar-refractivity contribution in [2.45, 2.75) is 19.3 Å². The molecule has 0 N–H and O–H groups in total. The minimum Gasteiger partial charge on any atom is -0.451 e. The van der Waals surface area contributed by atoms with Crippen molar-refractivity contribution in [2.75, 3.05) is 27.2 Å². The normalized spacial score (nSPS) is 14.1. The van der Waals surface area contributed by atoms with Crippen LogP contribution in [0.3, 0.4) is 0 Å². The highest BCUT2D eigenvalue weighted by Crippen LogP contribution is 2.27. The van der Waals surface area contributed by atoms with Gasteiger partial charge in [0.15, 0.2) is 5.76 Å². The molecule has 5 nitrogen and oxygen atoms in total. The fourth-order valence-corrected chi connectivity index (χ4v) is 4.29. The van der Waals surface area contributed by atoms with E-state index in [0.717, 1.165) is 35.9 Å². The molecule has 29 heavy (non-hydrogen) atoms. The molecule has 0 spiro atoms. The van der Waals surface area contributed by atoms with Crippen molar-refractivity contribution in [2.24, 2.45) is 0 Å². The summed E-state index contributed by atoms with van der Waals surface area (Å²) in [6.07, 6.45) is 4.41. The van der Waals surface area contributed by atoms with Crippen LogP contribution in [-0.4, -0.2) is 48.8 Å². The van der Waals surface area contributed by atoms with Crippen LogP contribution in [0.15, 0.2) is 52.3 Å². The van der Waals surface area contributed by atoms with Crippen molar-refractivity contribution < 1.29 is 14.0 Å². The van der Waals surface area contributed by atoms with Gasteiger partial charge in [0.2, 0.25) is 5.91 Å². The van der Waals surface area contributed by atoms with Gasteiger partial charge in [-0.1, -0.05) is 18.2 Å². The van der Waals surface area contributed by atoms with Gasteiger partial charge in [-0.25, -0.2) is 0 Å². The Labute approximate surface area is 174 Å². The summed E-state index contributed by atoms with van der Waals surface area (Å²) in [5, 5.41) is 2.94. The lowest BCUT2D eigenvalue weighted by Gasteiger charge is -2.27. The van der Waals surface area contributed by atoms with Gasteiger partial charge in [0.05, 0.1) is 0 Å². The molecule has 2 aromatic heterocycles. The third-order valence-electron chi connectivity index (χ3n) is 5.17. The van der Waals surface area contributed by atoms with Gasteiger partial charge in [-0.2, -0.15) is 0 Å². The van der Waals surface area contributed by atoms with Gasteiger partial charge in [0.25, 0.3) is 5.91 Å². The number of thiophene rings is 1. The van der Waals surface area contributed by atoms with E-state index in [0.29, 0.717) is 24.3 Å². The van der Waals surface area contributed by atoms with Gasteiger partial charge < -0.3 is 14.2 Å². The molecule has 0 saturated heterocycles. The van der Waals surface area contributed by atoms with Crippen molar-refractivity contribution in [3.05, 3.63) is 64.1 Å². The second-order valence-electron chi connectivity index (χ2n) is 7.48. The van der Waals surface area contributed by atoms with E-state index in [9.17, 15) is 9.59 Å². The molecule has 150 valence electrons. The highest BCUT2D eigenvalue weighted by Gasteiger charge is 2.20. The minimum atomic E-state index is -0.151. The lowest BCUT2D eigenvalue weighted by Crippen LogP contribution is -2.35. The van der Waals surface area contributed by atoms with E-state index in [1.807, 2.05) is 34.5 Å². The zero-order chi connectivity index (χ0) is 20.4. The third kappa shape index (κ3) is 4.27. The molecule has 0 saturated carbocycles. The number of hydrogen-bond acceptors (Lipinski definition) is 4. The number of nitrogens with zero attached hydrogens (tertiary/aromatic N) is 2. The predicted molar refractivity (Wildman–Crippen MR) is 116 cm³/mol. The number of rotatable bonds is 5. The molecule has 3 aromatic rings. The number of amides is 2. The lowest BCUT2D eigenvalue weighted by molar-refractivity contribution is -0.130. The highest BCUT2D eigenvalue weighted by molar-refractivity contribution is 7.09. The van der Waals surface area contributed by atoms with Gasteiger partial charge in [-0.15, -0.1) is 11.3 Å². The second-order valence-corrected chi connectivity index (χ2v) is 8.51. The quantitative estimate of drug-likeness (QED) is 0.627. The van der Waals surface area contributed by atoms with Crippen LogP contribution in [0.5, 0.6) is 0 Å². The Morgan fingerprint density at radius 1 is 1.21 bits per heavy atom. The monoisotopic (exact) mass is 408 g/mol. The van der Waals surface area contributed by atoms with Crippen LogP contribution in [0.1, 0.15) is 33.8 Å². The van der Waals surface area contributed by atoms with Crippen molar-refractivity contribution in [3.63, 3.8) is 0 Å². The van der Waals surface area contributed by atoms with Crippen molar-refractivity contribution in [1.82, 2.24) is 9.80 Å². The molecular formula is C23H24N2O3S. The fraction of sp³-hybridized carbons (Fsp3) is 0.304. The summed E-state index contributed by atoms with van der Waals surface area (Å²) in [4.78, 5) is 29.5. The molecule has 0 atom stereocenters. The van der Waals surface area contributed by atoms with E-state index in [4.69, 9.17) is 4.42 Å². The average Bonchev–Trinajstić information content (AvgIpc) is 3.40. The molecule has 6 heteroatoms. The Hall–Kier alpha value is -2.86. The van der Waals surface area contributed by atoms with Crippen LogP contribution in [0.4, 0.5) is 0 Å². The number of carbonyl (C=O) groups is 2. The van der Waals surface area contributed by atoms with Crippen LogP contribution < -0.4 is 0 Å². The largest absolute Gasteiger partial charge is 0.451 e. The Bertz CT molecular complexity index is 1060. The summed E-state index contributed by atoms with van der Waals surface area (Å²) in [7, 11) is 3.41. The van der Waals surface area contributed by atoms with Gasteiger partial charge >= 0.3 is 0 Å². The first-order valence-corrected chi connectivity index (χ1v) is 10.6. The first-order chi connectivity index (χ1) is 14.0. The molecule has 2 amide bonds. The number of benzene rings is 1. The Kier molecular flexibility index (Phi) is 5.53. The standard InChI is InChI=1S/C23H24N2O3S/c1-24(2)23(27)21-14-18-13-16(7-9-20(18)28-21)17-5-3-11-25(15-17)22(26)10-8-19-6-4-12-29-19/h4-7,9,12-14H,3,8,10-11,15H2,1-2H3. The molecule has 1 aliphatic rings. The Balaban J connectivity index is 1.47. The third-order valence-corrected chi connectivity index (χ3v) is 6.11. The molecule has 4 rings (SSSR count). The summed E-state index contributed by atoms with van der Waals surface area (Å²) >= 11 is 1.70. The van der Waals surface area contributed by atoms with Crippen molar-refractivity contribution in [1.29, 1.82) is 0 Å². The molecule has 0 bridgehead atoms. The Morgan fingerprint density at radius 2 is 2.07 bits per heavy atom. The molecule has 1 aromatic carbocycles. The van der Waals surface area contributed by atoms with E-state index in [2.05, 4.69) is 12.1 Å². The topological polar surface area (TPSA) is 53.8 Å². The van der Waals surface area contributed by atoms with Crippen LogP contribution in [0, 0.1) is 0 Å². The Morgan fingerprint density at radius 3 is 2.83 bits per heavy atom. The predicted octanol–water partition coefficient (Wildman–Crippen LogP) is 4.44. The van der Waals surface area contributed by atoms with Crippen molar-refractivity contribution >= 4 is 39.7 Å². The van der Waals surface area contributed by atoms with E-state index < -0.39 is 0 Å². The molecule has 3 heterocycles. The summed E-state index contributed by atoms with van der Waals surface area (Å²) in [6.45, 7) is 1.39. The van der Waals surface area contributed by atoms with Crippen molar-refractivity contribution in [3.8, 4) is 0 Å². The van der Waals surface area contributed by atoms with E-state index in [1.54, 1.807) is 31.5 Å². The van der Waals surface area contributed by atoms with E-state index in [-0.39, 0.29) is 11.8 Å². The average molecular weight is 409 g/mol. The maximum atomic E-state index is 12.7. The first kappa shape index (κ1) is 19.5. The van der Waals surface area contributed by atoms with E-state index in [1.165, 1.54) is 9.78 Å². The smallest absolute Gasteiger partial charge is 0.289 e. The summed E-state index contributed by atoms with van der Waals surface area (Å²) in [5.74, 6) is 0.388. The molecule has 0 aliphatic carbocycles. The van der Waals surface area contributed by atoms with E-state index >= 15 is 0 Å². The van der Waals surface area contributed by atoms with Crippen LogP contribution in [0.2, 0.25) is 0 Å². The molecular weight excluding hydrogens is 384 g/mol. The summed E-state index contributed by atoms with van der Waals surface area (Å²) in [5.41, 5.74) is 2.90. The first-order valence-electron chi connectivity index (χ1n) is 9.76. The van der Waals surface area contributed by atoms with Gasteiger partial charge in [0, 0.05) is 43.9 Å². The zero-order valence-corrected chi connectivity index (χ0v) is 17.5. The highest BCUT2D eigenvalue weighted by atomic mass is 32.1. The molecule has 0 fully saturated rings.